The molecule has 0 saturated carbocycles. The van der Waals surface area contributed by atoms with Crippen molar-refractivity contribution >= 4 is 39.4 Å². The molecule has 80 valence electrons. The average Bonchev–Trinajstić information content (AvgIpc) is 2.61. The zero-order chi connectivity index (χ0) is 11.3. The van der Waals surface area contributed by atoms with Gasteiger partial charge in [-0.3, -0.25) is 4.79 Å². The van der Waals surface area contributed by atoms with Gasteiger partial charge < -0.3 is 0 Å². The highest BCUT2D eigenvalue weighted by Crippen LogP contribution is 2.23. The maximum atomic E-state index is 10.4. The molecule has 0 aliphatic carbocycles. The number of rotatable bonds is 1. The Morgan fingerprint density at radius 3 is 2.87 bits per heavy atom. The number of thiophene rings is 1. The van der Waals surface area contributed by atoms with Crippen LogP contribution in [0.5, 0.6) is 0 Å². The molecular formula is C9H7ClFNO2S. The zero-order valence-electron chi connectivity index (χ0n) is 7.74. The summed E-state index contributed by atoms with van der Waals surface area (Å²) in [4.78, 5) is 18.7. The molecule has 3 nitrogen and oxygen atoms in total. The number of aldehydes is 1. The van der Waals surface area contributed by atoms with Gasteiger partial charge in [-0.05, 0) is 22.7 Å². The van der Waals surface area contributed by atoms with Crippen LogP contribution in [0.3, 0.4) is 0 Å². The van der Waals surface area contributed by atoms with Gasteiger partial charge in [-0.15, -0.1) is 11.3 Å². The van der Waals surface area contributed by atoms with E-state index in [1.54, 1.807) is 12.1 Å². The van der Waals surface area contributed by atoms with Crippen LogP contribution in [-0.2, 0) is 4.94 Å². The van der Waals surface area contributed by atoms with Crippen molar-refractivity contribution in [1.29, 1.82) is 0 Å². The van der Waals surface area contributed by atoms with E-state index >= 15 is 0 Å². The highest BCUT2D eigenvalue weighted by Gasteiger charge is 2.01. The third-order valence-electron chi connectivity index (χ3n) is 1.48. The maximum absolute atomic E-state index is 10.4. The minimum Gasteiger partial charge on any atom is -0.297 e. The highest BCUT2D eigenvalue weighted by atomic mass is 35.5. The Labute approximate surface area is 94.4 Å². The van der Waals surface area contributed by atoms with E-state index in [1.165, 1.54) is 11.3 Å². The molecule has 0 amide bonds. The largest absolute Gasteiger partial charge is 0.297 e. The van der Waals surface area contributed by atoms with E-state index in [4.69, 9.17) is 11.6 Å². The summed E-state index contributed by atoms with van der Waals surface area (Å²) in [7, 11) is 0.958. The fourth-order valence-electron chi connectivity index (χ4n) is 0.973. The van der Waals surface area contributed by atoms with E-state index in [0.29, 0.717) is 10.0 Å². The van der Waals surface area contributed by atoms with Crippen molar-refractivity contribution in [3.63, 3.8) is 0 Å². The van der Waals surface area contributed by atoms with Crippen molar-refractivity contribution in [3.8, 4) is 0 Å². The first-order valence-corrected chi connectivity index (χ1v) is 5.06. The first kappa shape index (κ1) is 12.0. The van der Waals surface area contributed by atoms with Crippen LogP contribution < -0.4 is 0 Å². The van der Waals surface area contributed by atoms with Crippen LogP contribution in [0.1, 0.15) is 9.67 Å². The van der Waals surface area contributed by atoms with Crippen LogP contribution in [-0.4, -0.2) is 18.4 Å². The summed E-state index contributed by atoms with van der Waals surface area (Å²) >= 11 is 7.03. The van der Waals surface area contributed by atoms with Gasteiger partial charge in [0.05, 0.1) is 12.0 Å². The second-order valence-electron chi connectivity index (χ2n) is 2.45. The minimum atomic E-state index is 0.460. The van der Waals surface area contributed by atoms with Crippen LogP contribution in [0, 0.1) is 0 Å². The standard InChI is InChI=1S/C8H4ClNOS.CH3FO/c9-7-2-1-5-3-6(4-11)12-8(5)10-7;1-3-2/h1-4H;1H3. The first-order chi connectivity index (χ1) is 7.21. The van der Waals surface area contributed by atoms with Gasteiger partial charge in [0.15, 0.2) is 6.29 Å². The highest BCUT2D eigenvalue weighted by molar-refractivity contribution is 7.20. The lowest BCUT2D eigenvalue weighted by Crippen LogP contribution is -1.70. The van der Waals surface area contributed by atoms with Gasteiger partial charge in [0.2, 0.25) is 0 Å². The van der Waals surface area contributed by atoms with Crippen LogP contribution in [0.2, 0.25) is 5.15 Å². The summed E-state index contributed by atoms with van der Waals surface area (Å²) in [6.07, 6.45) is 0.820. The topological polar surface area (TPSA) is 39.2 Å². The lowest BCUT2D eigenvalue weighted by atomic mass is 10.3. The molecule has 0 unspecified atom stereocenters. The molecule has 0 bridgehead atoms. The number of aromatic nitrogens is 1. The molecule has 0 radical (unpaired) electrons. The molecule has 2 aromatic heterocycles. The van der Waals surface area contributed by atoms with Crippen molar-refractivity contribution in [2.45, 2.75) is 0 Å². The number of hydrogen-bond acceptors (Lipinski definition) is 4. The van der Waals surface area contributed by atoms with Gasteiger partial charge in [0.1, 0.15) is 9.98 Å². The Morgan fingerprint density at radius 1 is 1.60 bits per heavy atom. The number of hydrogen-bond donors (Lipinski definition) is 0. The molecule has 0 fully saturated rings. The molecule has 0 spiro atoms. The zero-order valence-corrected chi connectivity index (χ0v) is 9.31. The smallest absolute Gasteiger partial charge is 0.160 e. The Morgan fingerprint density at radius 2 is 2.27 bits per heavy atom. The van der Waals surface area contributed by atoms with E-state index in [9.17, 15) is 9.32 Å². The van der Waals surface area contributed by atoms with Gasteiger partial charge in [0.25, 0.3) is 0 Å². The molecule has 0 N–H and O–H groups in total. The summed E-state index contributed by atoms with van der Waals surface area (Å²) in [5.74, 6) is 0. The minimum absolute atomic E-state index is 0.460. The van der Waals surface area contributed by atoms with Crippen molar-refractivity contribution in [2.75, 3.05) is 7.11 Å². The monoisotopic (exact) mass is 247 g/mol. The molecule has 2 heterocycles. The summed E-state index contributed by atoms with van der Waals surface area (Å²) < 4.78 is 9.79. The molecule has 0 aliphatic rings. The summed E-state index contributed by atoms with van der Waals surface area (Å²) in [6.45, 7) is 0. The van der Waals surface area contributed by atoms with Crippen LogP contribution in [0.25, 0.3) is 10.2 Å². The van der Waals surface area contributed by atoms with Gasteiger partial charge in [-0.25, -0.2) is 4.98 Å². The summed E-state index contributed by atoms with van der Waals surface area (Å²) in [6, 6.07) is 5.37. The predicted octanol–water partition coefficient (Wildman–Crippen LogP) is 3.28. The Balaban J connectivity index is 0.000000337. The van der Waals surface area contributed by atoms with Crippen molar-refractivity contribution < 1.29 is 14.3 Å². The molecule has 2 aromatic rings. The lowest BCUT2D eigenvalue weighted by molar-refractivity contribution is -0.0960. The average molecular weight is 248 g/mol. The molecule has 0 aliphatic heterocycles. The number of nitrogens with zero attached hydrogens (tertiary/aromatic N) is 1. The Kier molecular flexibility index (Phi) is 4.61. The van der Waals surface area contributed by atoms with Crippen LogP contribution in [0.4, 0.5) is 4.53 Å². The second kappa shape index (κ2) is 5.75. The fraction of sp³-hybridized carbons (Fsp3) is 0.111. The first-order valence-electron chi connectivity index (χ1n) is 3.87. The number of carbonyl (C=O) groups is 1. The molecule has 15 heavy (non-hydrogen) atoms. The Hall–Kier alpha value is -1.04. The third kappa shape index (κ3) is 3.23. The van der Waals surface area contributed by atoms with Crippen LogP contribution in [0.15, 0.2) is 18.2 Å². The van der Waals surface area contributed by atoms with Gasteiger partial charge >= 0.3 is 0 Å². The summed E-state index contributed by atoms with van der Waals surface area (Å²) in [5, 5.41) is 1.42. The summed E-state index contributed by atoms with van der Waals surface area (Å²) in [5.41, 5.74) is 0. The van der Waals surface area contributed by atoms with E-state index in [-0.39, 0.29) is 0 Å². The Bertz CT molecular complexity index is 460. The second-order valence-corrected chi connectivity index (χ2v) is 3.90. The van der Waals surface area contributed by atoms with Crippen molar-refractivity contribution in [1.82, 2.24) is 4.98 Å². The van der Waals surface area contributed by atoms with E-state index in [2.05, 4.69) is 9.93 Å². The van der Waals surface area contributed by atoms with Crippen molar-refractivity contribution in [2.24, 2.45) is 0 Å². The predicted molar refractivity (Wildman–Crippen MR) is 58.1 cm³/mol. The van der Waals surface area contributed by atoms with E-state index in [1.807, 2.05) is 6.07 Å². The lowest BCUT2D eigenvalue weighted by Gasteiger charge is -1.87. The quantitative estimate of drug-likeness (QED) is 0.573. The fourth-order valence-corrected chi connectivity index (χ4v) is 2.02. The van der Waals surface area contributed by atoms with Crippen LogP contribution >= 0.6 is 22.9 Å². The molecular weight excluding hydrogens is 241 g/mol. The third-order valence-corrected chi connectivity index (χ3v) is 2.66. The molecule has 0 aromatic carbocycles. The molecule has 6 heteroatoms. The number of pyridine rings is 1. The van der Waals surface area contributed by atoms with Gasteiger partial charge in [-0.1, -0.05) is 11.6 Å². The molecule has 0 saturated heterocycles. The SMILES string of the molecule is COF.O=Cc1cc2ccc(Cl)nc2s1. The maximum Gasteiger partial charge on any atom is 0.160 e. The van der Waals surface area contributed by atoms with Gasteiger partial charge in [0, 0.05) is 5.39 Å². The molecule has 0 atom stereocenters. The van der Waals surface area contributed by atoms with Gasteiger partial charge in [-0.2, -0.15) is 4.94 Å². The van der Waals surface area contributed by atoms with E-state index in [0.717, 1.165) is 23.6 Å². The number of fused-ring (bicyclic) bond motifs is 1. The molecule has 2 rings (SSSR count). The number of halogens is 2. The van der Waals surface area contributed by atoms with E-state index < -0.39 is 0 Å². The normalized spacial score (nSPS) is 9.53. The number of carbonyl (C=O) groups excluding carboxylic acids is 1. The van der Waals surface area contributed by atoms with Crippen molar-refractivity contribution in [3.05, 3.63) is 28.2 Å².